The maximum atomic E-state index is 10.5. The Morgan fingerprint density at radius 1 is 1.38 bits per heavy atom. The van der Waals surface area contributed by atoms with E-state index in [1.165, 1.54) is 0 Å². The monoisotopic (exact) mass is 240 g/mol. The predicted octanol–water partition coefficient (Wildman–Crippen LogP) is 2.80. The van der Waals surface area contributed by atoms with Crippen LogP contribution in [0.2, 0.25) is 5.02 Å². The number of halogens is 1. The second-order valence-electron chi connectivity index (χ2n) is 3.82. The Labute approximate surface area is 99.3 Å². The largest absolute Gasteiger partial charge is 0.486 e. The summed E-state index contributed by atoms with van der Waals surface area (Å²) in [5.41, 5.74) is 0.929. The lowest BCUT2D eigenvalue weighted by Crippen LogP contribution is -2.15. The van der Waals surface area contributed by atoms with Crippen molar-refractivity contribution in [1.82, 2.24) is 0 Å². The van der Waals surface area contributed by atoms with Crippen molar-refractivity contribution in [2.24, 2.45) is 0 Å². The van der Waals surface area contributed by atoms with Gasteiger partial charge in [-0.1, -0.05) is 18.5 Å². The summed E-state index contributed by atoms with van der Waals surface area (Å²) in [6.07, 6.45) is 1.36. The second-order valence-corrected chi connectivity index (χ2v) is 4.23. The molecule has 0 fully saturated rings. The highest BCUT2D eigenvalue weighted by Crippen LogP contribution is 2.38. The molecule has 1 aromatic rings. The highest BCUT2D eigenvalue weighted by molar-refractivity contribution is 6.31. The Bertz CT molecular complexity index is 403. The smallest absolute Gasteiger partial charge is 0.162 e. The lowest BCUT2D eigenvalue weighted by Gasteiger charge is -2.21. The highest BCUT2D eigenvalue weighted by Gasteiger charge is 2.17. The Hall–Kier alpha value is -1.22. The van der Waals surface area contributed by atoms with E-state index in [-0.39, 0.29) is 5.92 Å². The molecule has 4 heteroatoms. The van der Waals surface area contributed by atoms with E-state index in [0.717, 1.165) is 11.8 Å². The Kier molecular flexibility index (Phi) is 3.34. The molecule has 1 heterocycles. The van der Waals surface area contributed by atoms with E-state index in [0.29, 0.717) is 36.2 Å². The zero-order valence-electron chi connectivity index (χ0n) is 9.03. The summed E-state index contributed by atoms with van der Waals surface area (Å²) in [5.74, 6) is 1.49. The first-order chi connectivity index (χ1) is 7.72. The molecule has 3 nitrogen and oxygen atoms in total. The maximum absolute atomic E-state index is 10.5. The Morgan fingerprint density at radius 2 is 2.00 bits per heavy atom. The van der Waals surface area contributed by atoms with E-state index < -0.39 is 0 Å². The van der Waals surface area contributed by atoms with Crippen molar-refractivity contribution in [1.29, 1.82) is 0 Å². The van der Waals surface area contributed by atoms with Crippen LogP contribution in [0.1, 0.15) is 24.8 Å². The number of hydrogen-bond acceptors (Lipinski definition) is 3. The minimum absolute atomic E-state index is 0.0980. The summed E-state index contributed by atoms with van der Waals surface area (Å²) in [4.78, 5) is 10.5. The second kappa shape index (κ2) is 4.74. The Balaban J connectivity index is 2.35. The van der Waals surface area contributed by atoms with E-state index in [2.05, 4.69) is 0 Å². The molecule has 86 valence electrons. The third-order valence-corrected chi connectivity index (χ3v) is 2.97. The minimum atomic E-state index is 0.0980. The summed E-state index contributed by atoms with van der Waals surface area (Å²) in [6, 6.07) is 3.62. The number of benzene rings is 1. The first-order valence-electron chi connectivity index (χ1n) is 5.25. The van der Waals surface area contributed by atoms with Crippen LogP contribution in [0.15, 0.2) is 12.1 Å². The molecule has 0 aromatic heterocycles. The average Bonchev–Trinajstić information content (AvgIpc) is 2.28. The molecule has 0 saturated heterocycles. The van der Waals surface area contributed by atoms with Gasteiger partial charge < -0.3 is 14.3 Å². The van der Waals surface area contributed by atoms with Gasteiger partial charge in [-0.15, -0.1) is 0 Å². The van der Waals surface area contributed by atoms with Gasteiger partial charge >= 0.3 is 0 Å². The van der Waals surface area contributed by atoms with E-state index in [1.807, 2.05) is 13.0 Å². The molecule has 1 unspecified atom stereocenters. The molecule has 1 aliphatic heterocycles. The highest BCUT2D eigenvalue weighted by atomic mass is 35.5. The van der Waals surface area contributed by atoms with Crippen LogP contribution in [0.3, 0.4) is 0 Å². The van der Waals surface area contributed by atoms with Crippen molar-refractivity contribution in [3.05, 3.63) is 22.7 Å². The lowest BCUT2D eigenvalue weighted by atomic mass is 9.98. The first-order valence-corrected chi connectivity index (χ1v) is 5.63. The molecule has 0 radical (unpaired) electrons. The van der Waals surface area contributed by atoms with E-state index >= 15 is 0 Å². The van der Waals surface area contributed by atoms with Gasteiger partial charge in [0.15, 0.2) is 11.5 Å². The maximum Gasteiger partial charge on any atom is 0.162 e. The Morgan fingerprint density at radius 3 is 2.62 bits per heavy atom. The first kappa shape index (κ1) is 11.3. The summed E-state index contributed by atoms with van der Waals surface area (Å²) in [5, 5.41) is 0.624. The molecule has 0 N–H and O–H groups in total. The SMILES string of the molecule is CC(CC=O)c1cc2c(cc1Cl)OCCO2. The zero-order valence-corrected chi connectivity index (χ0v) is 9.79. The van der Waals surface area contributed by atoms with Gasteiger partial charge in [0.05, 0.1) is 0 Å². The number of carbonyl (C=O) groups excluding carboxylic acids is 1. The predicted molar refractivity (Wildman–Crippen MR) is 61.5 cm³/mol. The molecular formula is C12H13ClO3. The summed E-state index contributed by atoms with van der Waals surface area (Å²) in [6.45, 7) is 3.06. The van der Waals surface area contributed by atoms with Gasteiger partial charge in [0.25, 0.3) is 0 Å². The fraction of sp³-hybridized carbons (Fsp3) is 0.417. The molecule has 0 bridgehead atoms. The third-order valence-electron chi connectivity index (χ3n) is 2.64. The van der Waals surface area contributed by atoms with Crippen molar-refractivity contribution in [3.8, 4) is 11.5 Å². The van der Waals surface area contributed by atoms with Gasteiger partial charge in [-0.3, -0.25) is 0 Å². The topological polar surface area (TPSA) is 35.5 Å². The fourth-order valence-corrected chi connectivity index (χ4v) is 2.07. The molecule has 0 spiro atoms. The zero-order chi connectivity index (χ0) is 11.5. The van der Waals surface area contributed by atoms with Gasteiger partial charge in [-0.25, -0.2) is 0 Å². The van der Waals surface area contributed by atoms with E-state index in [9.17, 15) is 4.79 Å². The van der Waals surface area contributed by atoms with Crippen molar-refractivity contribution < 1.29 is 14.3 Å². The van der Waals surface area contributed by atoms with Crippen LogP contribution in [0.25, 0.3) is 0 Å². The molecule has 16 heavy (non-hydrogen) atoms. The van der Waals surface area contributed by atoms with Gasteiger partial charge in [0, 0.05) is 17.5 Å². The normalized spacial score (nSPS) is 15.6. The van der Waals surface area contributed by atoms with E-state index in [1.54, 1.807) is 6.07 Å². The summed E-state index contributed by atoms with van der Waals surface area (Å²) >= 11 is 6.14. The van der Waals surface area contributed by atoms with Crippen LogP contribution < -0.4 is 9.47 Å². The van der Waals surface area contributed by atoms with Crippen molar-refractivity contribution in [3.63, 3.8) is 0 Å². The molecule has 0 saturated carbocycles. The summed E-state index contributed by atoms with van der Waals surface area (Å²) < 4.78 is 10.9. The molecule has 1 aromatic carbocycles. The number of ether oxygens (including phenoxy) is 2. The van der Waals surface area contributed by atoms with Crippen LogP contribution in [0.5, 0.6) is 11.5 Å². The average molecular weight is 241 g/mol. The number of hydrogen-bond donors (Lipinski definition) is 0. The van der Waals surface area contributed by atoms with Gasteiger partial charge in [-0.05, 0) is 17.5 Å². The molecule has 2 rings (SSSR count). The lowest BCUT2D eigenvalue weighted by molar-refractivity contribution is -0.108. The standard InChI is InChI=1S/C12H13ClO3/c1-8(2-3-14)9-6-11-12(7-10(9)13)16-5-4-15-11/h3,6-8H,2,4-5H2,1H3. The number of aldehydes is 1. The minimum Gasteiger partial charge on any atom is -0.486 e. The van der Waals surface area contributed by atoms with Crippen LogP contribution in [-0.2, 0) is 4.79 Å². The van der Waals surface area contributed by atoms with Crippen molar-refractivity contribution >= 4 is 17.9 Å². The van der Waals surface area contributed by atoms with Crippen LogP contribution >= 0.6 is 11.6 Å². The fourth-order valence-electron chi connectivity index (χ4n) is 1.73. The van der Waals surface area contributed by atoms with Crippen molar-refractivity contribution in [2.75, 3.05) is 13.2 Å². The van der Waals surface area contributed by atoms with Gasteiger partial charge in [0.2, 0.25) is 0 Å². The molecular weight excluding hydrogens is 228 g/mol. The summed E-state index contributed by atoms with van der Waals surface area (Å²) in [7, 11) is 0. The molecule has 0 amide bonds. The van der Waals surface area contributed by atoms with Gasteiger partial charge in [0.1, 0.15) is 19.5 Å². The molecule has 1 aliphatic rings. The van der Waals surface area contributed by atoms with Crippen LogP contribution in [0, 0.1) is 0 Å². The van der Waals surface area contributed by atoms with Crippen molar-refractivity contribution in [2.45, 2.75) is 19.3 Å². The van der Waals surface area contributed by atoms with Crippen LogP contribution in [-0.4, -0.2) is 19.5 Å². The quantitative estimate of drug-likeness (QED) is 0.763. The van der Waals surface area contributed by atoms with E-state index in [4.69, 9.17) is 21.1 Å². The molecule has 1 atom stereocenters. The molecule has 0 aliphatic carbocycles. The number of rotatable bonds is 3. The number of carbonyl (C=O) groups is 1. The third kappa shape index (κ3) is 2.14. The van der Waals surface area contributed by atoms with Crippen LogP contribution in [0.4, 0.5) is 0 Å². The number of fused-ring (bicyclic) bond motifs is 1. The van der Waals surface area contributed by atoms with Gasteiger partial charge in [-0.2, -0.15) is 0 Å².